The molecule has 0 unspecified atom stereocenters. The Morgan fingerprint density at radius 2 is 1.95 bits per heavy atom. The van der Waals surface area contributed by atoms with E-state index in [2.05, 4.69) is 15.9 Å². The number of carbonyl (C=O) groups is 1. The zero-order valence-corrected chi connectivity index (χ0v) is 13.3. The molecule has 2 aromatic rings. The van der Waals surface area contributed by atoms with E-state index in [1.165, 1.54) is 0 Å². The van der Waals surface area contributed by atoms with Crippen molar-refractivity contribution in [2.45, 2.75) is 6.54 Å². The quantitative estimate of drug-likeness (QED) is 0.849. The maximum atomic E-state index is 12.4. The number of nitrogen functional groups attached to an aromatic ring is 1. The Kier molecular flexibility index (Phi) is 4.68. The Hall–Kier alpha value is -1.52. The van der Waals surface area contributed by atoms with Crippen LogP contribution in [-0.4, -0.2) is 17.9 Å². The van der Waals surface area contributed by atoms with Crippen LogP contribution >= 0.6 is 27.5 Å². The number of carbonyl (C=O) groups excluding carboxylic acids is 1. The summed E-state index contributed by atoms with van der Waals surface area (Å²) in [5.41, 5.74) is 7.61. The smallest absolute Gasteiger partial charge is 0.257 e. The molecule has 0 saturated carbocycles. The van der Waals surface area contributed by atoms with Crippen molar-refractivity contribution in [3.63, 3.8) is 0 Å². The van der Waals surface area contributed by atoms with Crippen molar-refractivity contribution in [2.24, 2.45) is 0 Å². The Labute approximate surface area is 131 Å². The molecule has 0 bridgehead atoms. The van der Waals surface area contributed by atoms with Gasteiger partial charge in [-0.25, -0.2) is 0 Å². The Balaban J connectivity index is 2.24. The van der Waals surface area contributed by atoms with E-state index in [0.29, 0.717) is 22.8 Å². The van der Waals surface area contributed by atoms with Crippen molar-refractivity contribution < 1.29 is 4.79 Å². The number of halogens is 2. The third kappa shape index (κ3) is 3.14. The van der Waals surface area contributed by atoms with Crippen LogP contribution in [0.25, 0.3) is 0 Å². The van der Waals surface area contributed by atoms with Gasteiger partial charge >= 0.3 is 0 Å². The Morgan fingerprint density at radius 1 is 1.25 bits per heavy atom. The molecule has 0 fully saturated rings. The largest absolute Gasteiger partial charge is 0.398 e. The first-order valence-corrected chi connectivity index (χ1v) is 7.20. The molecule has 0 atom stereocenters. The first-order chi connectivity index (χ1) is 9.50. The minimum Gasteiger partial charge on any atom is -0.398 e. The standard InChI is InChI=1S/C15H14BrClN2O/c1-19(9-10-5-2-3-6-11(10)16)15(20)14-12(17)7-4-8-13(14)18/h2-8H,9,18H2,1H3. The zero-order chi connectivity index (χ0) is 14.7. The van der Waals surface area contributed by atoms with Crippen molar-refractivity contribution in [3.8, 4) is 0 Å². The molecule has 2 N–H and O–H groups in total. The van der Waals surface area contributed by atoms with E-state index < -0.39 is 0 Å². The molecule has 0 aliphatic heterocycles. The van der Waals surface area contributed by atoms with Crippen LogP contribution in [0.15, 0.2) is 46.9 Å². The molecule has 104 valence electrons. The highest BCUT2D eigenvalue weighted by Gasteiger charge is 2.18. The molecular weight excluding hydrogens is 340 g/mol. The van der Waals surface area contributed by atoms with Gasteiger partial charge in [0.1, 0.15) is 0 Å². The molecular formula is C15H14BrClN2O. The fraction of sp³-hybridized carbons (Fsp3) is 0.133. The Morgan fingerprint density at radius 3 is 2.60 bits per heavy atom. The first kappa shape index (κ1) is 14.9. The minimum atomic E-state index is -0.191. The molecule has 5 heteroatoms. The molecule has 0 saturated heterocycles. The minimum absolute atomic E-state index is 0.191. The first-order valence-electron chi connectivity index (χ1n) is 6.03. The molecule has 3 nitrogen and oxygen atoms in total. The summed E-state index contributed by atoms with van der Waals surface area (Å²) in [6.45, 7) is 0.477. The second-order valence-corrected chi connectivity index (χ2v) is 5.72. The highest BCUT2D eigenvalue weighted by molar-refractivity contribution is 9.10. The lowest BCUT2D eigenvalue weighted by molar-refractivity contribution is 0.0786. The van der Waals surface area contributed by atoms with E-state index in [1.54, 1.807) is 30.1 Å². The fourth-order valence-corrected chi connectivity index (χ4v) is 2.58. The van der Waals surface area contributed by atoms with Crippen LogP contribution in [0.5, 0.6) is 0 Å². The van der Waals surface area contributed by atoms with Gasteiger partial charge in [0.05, 0.1) is 10.6 Å². The summed E-state index contributed by atoms with van der Waals surface area (Å²) in [5, 5.41) is 0.369. The topological polar surface area (TPSA) is 46.3 Å². The van der Waals surface area contributed by atoms with Gasteiger partial charge in [-0.1, -0.05) is 51.8 Å². The number of benzene rings is 2. The number of amides is 1. The van der Waals surface area contributed by atoms with E-state index in [0.717, 1.165) is 10.0 Å². The van der Waals surface area contributed by atoms with E-state index >= 15 is 0 Å². The van der Waals surface area contributed by atoms with Gasteiger partial charge in [0.25, 0.3) is 5.91 Å². The van der Waals surface area contributed by atoms with Gasteiger partial charge in [-0.2, -0.15) is 0 Å². The van der Waals surface area contributed by atoms with E-state index in [-0.39, 0.29) is 5.91 Å². The number of nitrogens with zero attached hydrogens (tertiary/aromatic N) is 1. The van der Waals surface area contributed by atoms with Crippen LogP contribution < -0.4 is 5.73 Å². The summed E-state index contributed by atoms with van der Waals surface area (Å²) < 4.78 is 0.965. The molecule has 0 heterocycles. The van der Waals surface area contributed by atoms with E-state index in [9.17, 15) is 4.79 Å². The average Bonchev–Trinajstić information content (AvgIpc) is 2.41. The monoisotopic (exact) mass is 352 g/mol. The molecule has 0 aliphatic carbocycles. The van der Waals surface area contributed by atoms with Gasteiger partial charge in [0, 0.05) is 23.8 Å². The van der Waals surface area contributed by atoms with Crippen LogP contribution in [-0.2, 0) is 6.54 Å². The van der Waals surface area contributed by atoms with Crippen molar-refractivity contribution in [1.29, 1.82) is 0 Å². The molecule has 0 radical (unpaired) electrons. The third-order valence-electron chi connectivity index (χ3n) is 2.97. The summed E-state index contributed by atoms with van der Waals surface area (Å²) >= 11 is 9.54. The van der Waals surface area contributed by atoms with Crippen LogP contribution in [0.3, 0.4) is 0 Å². The normalized spacial score (nSPS) is 10.3. The van der Waals surface area contributed by atoms with Gasteiger partial charge in [0.2, 0.25) is 0 Å². The van der Waals surface area contributed by atoms with Crippen molar-refractivity contribution in [3.05, 3.63) is 63.1 Å². The molecule has 0 spiro atoms. The van der Waals surface area contributed by atoms with Crippen molar-refractivity contribution in [2.75, 3.05) is 12.8 Å². The molecule has 0 aliphatic rings. The highest BCUT2D eigenvalue weighted by Crippen LogP contribution is 2.24. The summed E-state index contributed by atoms with van der Waals surface area (Å²) in [6.07, 6.45) is 0. The summed E-state index contributed by atoms with van der Waals surface area (Å²) in [6, 6.07) is 12.8. The third-order valence-corrected chi connectivity index (χ3v) is 4.06. The van der Waals surface area contributed by atoms with Crippen molar-refractivity contribution in [1.82, 2.24) is 4.90 Å². The average molecular weight is 354 g/mol. The summed E-state index contributed by atoms with van der Waals surface area (Å²) in [4.78, 5) is 14.0. The predicted molar refractivity (Wildman–Crippen MR) is 85.8 cm³/mol. The molecule has 2 aromatic carbocycles. The van der Waals surface area contributed by atoms with Crippen LogP contribution in [0.4, 0.5) is 5.69 Å². The van der Waals surface area contributed by atoms with E-state index in [4.69, 9.17) is 17.3 Å². The van der Waals surface area contributed by atoms with Gasteiger partial charge in [-0.3, -0.25) is 4.79 Å². The van der Waals surface area contributed by atoms with Crippen LogP contribution in [0.2, 0.25) is 5.02 Å². The van der Waals surface area contributed by atoms with Crippen molar-refractivity contribution >= 4 is 39.1 Å². The summed E-state index contributed by atoms with van der Waals surface area (Å²) in [7, 11) is 1.73. The SMILES string of the molecule is CN(Cc1ccccc1Br)C(=O)c1c(N)cccc1Cl. The van der Waals surface area contributed by atoms with Gasteiger partial charge in [-0.15, -0.1) is 0 Å². The number of hydrogen-bond acceptors (Lipinski definition) is 2. The molecule has 0 aromatic heterocycles. The van der Waals surface area contributed by atoms with E-state index in [1.807, 2.05) is 24.3 Å². The van der Waals surface area contributed by atoms with Crippen LogP contribution in [0, 0.1) is 0 Å². The number of hydrogen-bond donors (Lipinski definition) is 1. The maximum Gasteiger partial charge on any atom is 0.257 e. The van der Waals surface area contributed by atoms with Crippen LogP contribution in [0.1, 0.15) is 15.9 Å². The highest BCUT2D eigenvalue weighted by atomic mass is 79.9. The summed E-state index contributed by atoms with van der Waals surface area (Å²) in [5.74, 6) is -0.191. The fourth-order valence-electron chi connectivity index (χ4n) is 1.91. The zero-order valence-electron chi connectivity index (χ0n) is 10.9. The second kappa shape index (κ2) is 6.29. The number of rotatable bonds is 3. The van der Waals surface area contributed by atoms with Gasteiger partial charge in [0.15, 0.2) is 0 Å². The Bertz CT molecular complexity index is 625. The predicted octanol–water partition coefficient (Wildman–Crippen LogP) is 3.96. The number of anilines is 1. The molecule has 1 amide bonds. The second-order valence-electron chi connectivity index (χ2n) is 4.46. The lowest BCUT2D eigenvalue weighted by Crippen LogP contribution is -2.27. The van der Waals surface area contributed by atoms with Gasteiger partial charge < -0.3 is 10.6 Å². The maximum absolute atomic E-state index is 12.4. The lowest BCUT2D eigenvalue weighted by atomic mass is 10.1. The molecule has 2 rings (SSSR count). The number of nitrogens with two attached hydrogens (primary N) is 1. The lowest BCUT2D eigenvalue weighted by Gasteiger charge is -2.19. The van der Waals surface area contributed by atoms with Gasteiger partial charge in [-0.05, 0) is 23.8 Å². The molecule has 20 heavy (non-hydrogen) atoms.